The summed E-state index contributed by atoms with van der Waals surface area (Å²) in [5.74, 6) is 0.908. The number of piperazine rings is 1. The van der Waals surface area contributed by atoms with E-state index < -0.39 is 0 Å². The molecule has 7 nitrogen and oxygen atoms in total. The lowest BCUT2D eigenvalue weighted by molar-refractivity contribution is -0.140. The summed E-state index contributed by atoms with van der Waals surface area (Å²) in [6.45, 7) is 5.57. The van der Waals surface area contributed by atoms with Crippen molar-refractivity contribution in [2.45, 2.75) is 19.8 Å². The summed E-state index contributed by atoms with van der Waals surface area (Å²) in [6.07, 6.45) is 3.39. The molecule has 0 spiro atoms. The summed E-state index contributed by atoms with van der Waals surface area (Å²) in [4.78, 5) is 34.4. The highest BCUT2D eigenvalue weighted by molar-refractivity contribution is 5.81. The van der Waals surface area contributed by atoms with Crippen molar-refractivity contribution in [1.29, 1.82) is 5.26 Å². The Morgan fingerprint density at radius 2 is 1.96 bits per heavy atom. The Hall–Kier alpha value is -2.62. The van der Waals surface area contributed by atoms with Crippen LogP contribution in [0, 0.1) is 17.2 Å². The van der Waals surface area contributed by atoms with E-state index >= 15 is 0 Å². The maximum Gasteiger partial charge on any atom is 0.227 e. The van der Waals surface area contributed by atoms with Crippen LogP contribution in [0.4, 0.5) is 5.82 Å². The van der Waals surface area contributed by atoms with Crippen LogP contribution >= 0.6 is 0 Å². The third-order valence-corrected chi connectivity index (χ3v) is 5.01. The van der Waals surface area contributed by atoms with Crippen LogP contribution in [0.25, 0.3) is 0 Å². The van der Waals surface area contributed by atoms with Gasteiger partial charge >= 0.3 is 0 Å². The number of piperidine rings is 1. The lowest BCUT2D eigenvalue weighted by Crippen LogP contribution is -2.53. The van der Waals surface area contributed by atoms with Gasteiger partial charge in [0.25, 0.3) is 0 Å². The van der Waals surface area contributed by atoms with Gasteiger partial charge in [-0.2, -0.15) is 5.26 Å². The molecule has 1 aromatic rings. The second kappa shape index (κ2) is 7.51. The molecule has 2 fully saturated rings. The minimum atomic E-state index is -0.0794. The number of nitrogens with zero attached hydrogens (tertiary/aromatic N) is 5. The number of nitriles is 1. The van der Waals surface area contributed by atoms with Crippen molar-refractivity contribution in [3.8, 4) is 6.07 Å². The molecule has 2 saturated heterocycles. The molecular formula is C18H23N5O2. The zero-order valence-electron chi connectivity index (χ0n) is 14.5. The highest BCUT2D eigenvalue weighted by Crippen LogP contribution is 2.21. The molecule has 2 amide bonds. The molecular weight excluding hydrogens is 318 g/mol. The predicted octanol–water partition coefficient (Wildman–Crippen LogP) is 0.860. The lowest BCUT2D eigenvalue weighted by atomic mass is 9.96. The number of carbonyl (C=O) groups excluding carboxylic acids is 2. The van der Waals surface area contributed by atoms with Crippen molar-refractivity contribution in [3.63, 3.8) is 0 Å². The summed E-state index contributed by atoms with van der Waals surface area (Å²) >= 11 is 0. The van der Waals surface area contributed by atoms with Crippen molar-refractivity contribution in [2.75, 3.05) is 44.2 Å². The molecule has 3 heterocycles. The molecule has 0 saturated carbocycles. The Kier molecular flexibility index (Phi) is 5.17. The van der Waals surface area contributed by atoms with Crippen LogP contribution in [0.5, 0.6) is 0 Å². The van der Waals surface area contributed by atoms with E-state index in [0.717, 1.165) is 25.2 Å². The summed E-state index contributed by atoms with van der Waals surface area (Å²) < 4.78 is 0. The third-order valence-electron chi connectivity index (χ3n) is 5.01. The molecule has 1 atom stereocenters. The molecule has 3 rings (SSSR count). The maximum atomic E-state index is 12.8. The molecule has 132 valence electrons. The van der Waals surface area contributed by atoms with Crippen LogP contribution in [0.1, 0.15) is 25.3 Å². The van der Waals surface area contributed by atoms with Gasteiger partial charge in [0.1, 0.15) is 5.82 Å². The number of hydrogen-bond acceptors (Lipinski definition) is 5. The van der Waals surface area contributed by atoms with Gasteiger partial charge in [0, 0.05) is 52.4 Å². The van der Waals surface area contributed by atoms with Gasteiger partial charge in [0.15, 0.2) is 0 Å². The average Bonchev–Trinajstić information content (AvgIpc) is 2.67. The van der Waals surface area contributed by atoms with Crippen LogP contribution in [0.15, 0.2) is 18.3 Å². The van der Waals surface area contributed by atoms with Gasteiger partial charge in [0.05, 0.1) is 17.6 Å². The zero-order valence-corrected chi connectivity index (χ0v) is 14.5. The van der Waals surface area contributed by atoms with Crippen LogP contribution in [-0.2, 0) is 9.59 Å². The fourth-order valence-electron chi connectivity index (χ4n) is 3.54. The highest BCUT2D eigenvalue weighted by atomic mass is 16.2. The molecule has 0 aliphatic carbocycles. The monoisotopic (exact) mass is 341 g/mol. The second-order valence-electron chi connectivity index (χ2n) is 6.63. The van der Waals surface area contributed by atoms with Gasteiger partial charge in [-0.1, -0.05) is 0 Å². The topological polar surface area (TPSA) is 80.5 Å². The van der Waals surface area contributed by atoms with E-state index in [-0.39, 0.29) is 17.7 Å². The van der Waals surface area contributed by atoms with Gasteiger partial charge in [-0.25, -0.2) is 4.98 Å². The number of anilines is 1. The van der Waals surface area contributed by atoms with Crippen LogP contribution in [-0.4, -0.2) is 65.9 Å². The molecule has 0 aromatic carbocycles. The molecule has 0 N–H and O–H groups in total. The number of amides is 2. The van der Waals surface area contributed by atoms with E-state index in [2.05, 4.69) is 16.0 Å². The quantitative estimate of drug-likeness (QED) is 0.797. The summed E-state index contributed by atoms with van der Waals surface area (Å²) in [5.41, 5.74) is 0.593. The molecule has 1 aromatic heterocycles. The fourth-order valence-corrected chi connectivity index (χ4v) is 3.54. The lowest BCUT2D eigenvalue weighted by Gasteiger charge is -2.39. The summed E-state index contributed by atoms with van der Waals surface area (Å²) in [7, 11) is 0. The number of aromatic nitrogens is 1. The Bertz CT molecular complexity index is 691. The summed E-state index contributed by atoms with van der Waals surface area (Å²) in [6, 6.07) is 5.60. The minimum absolute atomic E-state index is 0.0470. The number of pyridine rings is 1. The van der Waals surface area contributed by atoms with Crippen LogP contribution in [0.2, 0.25) is 0 Å². The number of rotatable bonds is 2. The van der Waals surface area contributed by atoms with Gasteiger partial charge in [-0.3, -0.25) is 9.59 Å². The third kappa shape index (κ3) is 3.90. The Morgan fingerprint density at radius 3 is 2.64 bits per heavy atom. The molecule has 2 aliphatic rings. The maximum absolute atomic E-state index is 12.8. The zero-order chi connectivity index (χ0) is 17.8. The Balaban J connectivity index is 1.57. The van der Waals surface area contributed by atoms with E-state index in [1.54, 1.807) is 30.2 Å². The average molecular weight is 341 g/mol. The van der Waals surface area contributed by atoms with Crippen LogP contribution < -0.4 is 4.90 Å². The van der Waals surface area contributed by atoms with Gasteiger partial charge in [-0.15, -0.1) is 0 Å². The first-order chi connectivity index (χ1) is 12.1. The molecule has 7 heteroatoms. The first-order valence-corrected chi connectivity index (χ1v) is 8.74. The number of carbonyl (C=O) groups is 2. The molecule has 0 radical (unpaired) electrons. The minimum Gasteiger partial charge on any atom is -0.353 e. The van der Waals surface area contributed by atoms with Crippen molar-refractivity contribution < 1.29 is 9.59 Å². The van der Waals surface area contributed by atoms with Crippen LogP contribution in [0.3, 0.4) is 0 Å². The van der Waals surface area contributed by atoms with E-state index in [9.17, 15) is 9.59 Å². The first kappa shape index (κ1) is 17.2. The van der Waals surface area contributed by atoms with Gasteiger partial charge < -0.3 is 14.7 Å². The van der Waals surface area contributed by atoms with Crippen molar-refractivity contribution in [2.24, 2.45) is 5.92 Å². The van der Waals surface area contributed by atoms with E-state index in [0.29, 0.717) is 38.3 Å². The molecule has 0 bridgehead atoms. The van der Waals surface area contributed by atoms with Crippen molar-refractivity contribution >= 4 is 17.6 Å². The molecule has 0 unspecified atom stereocenters. The predicted molar refractivity (Wildman–Crippen MR) is 92.7 cm³/mol. The Labute approximate surface area is 147 Å². The van der Waals surface area contributed by atoms with Crippen molar-refractivity contribution in [1.82, 2.24) is 14.8 Å². The largest absolute Gasteiger partial charge is 0.353 e. The molecule has 2 aliphatic heterocycles. The Morgan fingerprint density at radius 1 is 1.20 bits per heavy atom. The normalized spacial score (nSPS) is 21.0. The molecule has 25 heavy (non-hydrogen) atoms. The second-order valence-corrected chi connectivity index (χ2v) is 6.63. The van der Waals surface area contributed by atoms with E-state index in [1.165, 1.54) is 0 Å². The highest BCUT2D eigenvalue weighted by Gasteiger charge is 2.31. The van der Waals surface area contributed by atoms with E-state index in [1.807, 2.05) is 4.90 Å². The smallest absolute Gasteiger partial charge is 0.227 e. The summed E-state index contributed by atoms with van der Waals surface area (Å²) in [5, 5.41) is 9.00. The first-order valence-electron chi connectivity index (χ1n) is 8.74. The van der Waals surface area contributed by atoms with Crippen molar-refractivity contribution in [3.05, 3.63) is 23.9 Å². The fraction of sp³-hybridized carbons (Fsp3) is 0.556. The van der Waals surface area contributed by atoms with Gasteiger partial charge in [0.2, 0.25) is 11.8 Å². The van der Waals surface area contributed by atoms with Gasteiger partial charge in [-0.05, 0) is 25.0 Å². The number of likely N-dealkylation sites (tertiary alicyclic amines) is 1. The standard InChI is InChI=1S/C18H23N5O2/c1-14(24)23-6-2-3-16(13-23)18(25)22-9-7-21(8-10-22)17-11-15(12-19)4-5-20-17/h4-5,11,16H,2-3,6-10,13H2,1H3/t16-/m1/s1. The van der Waals surface area contributed by atoms with E-state index in [4.69, 9.17) is 5.26 Å². The SMILES string of the molecule is CC(=O)N1CCC[C@@H](C(=O)N2CCN(c3cc(C#N)ccn3)CC2)C1. The number of hydrogen-bond donors (Lipinski definition) is 0.